The van der Waals surface area contributed by atoms with Crippen molar-refractivity contribution in [2.45, 2.75) is 11.9 Å². The predicted octanol–water partition coefficient (Wildman–Crippen LogP) is -0.0724. The van der Waals surface area contributed by atoms with Crippen molar-refractivity contribution in [1.29, 1.82) is 0 Å². The Morgan fingerprint density at radius 1 is 1.67 bits per heavy atom. The van der Waals surface area contributed by atoms with E-state index >= 15 is 0 Å². The number of aryl methyl sites for hydroxylation is 1. The van der Waals surface area contributed by atoms with Gasteiger partial charge in [-0.1, -0.05) is 5.03 Å². The van der Waals surface area contributed by atoms with Gasteiger partial charge in [-0.25, -0.2) is 4.79 Å². The van der Waals surface area contributed by atoms with Crippen molar-refractivity contribution >= 4 is 12.6 Å². The van der Waals surface area contributed by atoms with E-state index in [2.05, 4.69) is 4.98 Å². The molecule has 0 atom stereocenters. The highest BCUT2D eigenvalue weighted by Gasteiger charge is 1.92. The molecule has 1 aromatic rings. The molecule has 0 saturated heterocycles. The van der Waals surface area contributed by atoms with Gasteiger partial charge >= 0.3 is 5.69 Å². The summed E-state index contributed by atoms with van der Waals surface area (Å²) in [6.07, 6.45) is 0. The average molecular weight is 143 g/mol. The first-order chi connectivity index (χ1) is 4.13. The fraction of sp³-hybridized carbons (Fsp3) is 0.400. The Bertz CT molecular complexity index is 273. The zero-order valence-electron chi connectivity index (χ0n) is 5.26. The van der Waals surface area contributed by atoms with Crippen molar-refractivity contribution in [2.24, 2.45) is 7.05 Å². The minimum absolute atomic E-state index is 0.141. The molecule has 1 N–H and O–H groups in total. The van der Waals surface area contributed by atoms with Gasteiger partial charge in [0.15, 0.2) is 0 Å². The number of hydrogen-bond acceptors (Lipinski definition) is 2. The van der Waals surface area contributed by atoms with Crippen molar-refractivity contribution in [3.05, 3.63) is 16.2 Å². The normalized spacial score (nSPS) is 10.0. The Balaban J connectivity index is 3.47. The summed E-state index contributed by atoms with van der Waals surface area (Å²) in [6, 6.07) is 0. The highest BCUT2D eigenvalue weighted by atomic mass is 32.1. The smallest absolute Gasteiger partial charge is 0.324 e. The van der Waals surface area contributed by atoms with Gasteiger partial charge in [-0.2, -0.15) is 0 Å². The number of hydrogen-bond donors (Lipinski definition) is 1. The monoisotopic (exact) mass is 143 g/mol. The second kappa shape index (κ2) is 1.88. The summed E-state index contributed by atoms with van der Waals surface area (Å²) in [7, 11) is 1.65. The number of nitrogens with one attached hydrogen (secondary N) is 1. The standard InChI is InChI=1S/C5H8N2OS/c1-3-4(9)7(2)5(8)6-3/h9H,1-2H3,(H,6,8)/p-1. The third-order valence-corrected chi connectivity index (χ3v) is 1.80. The molecular weight excluding hydrogens is 136 g/mol. The first-order valence-corrected chi connectivity index (χ1v) is 2.96. The Morgan fingerprint density at radius 3 is 2.33 bits per heavy atom. The van der Waals surface area contributed by atoms with Gasteiger partial charge in [0.05, 0.1) is 0 Å². The SMILES string of the molecule is Cc1[nH]c(=O)n(C)c1[S-]. The van der Waals surface area contributed by atoms with Crippen molar-refractivity contribution in [3.8, 4) is 0 Å². The Hall–Kier alpha value is -0.770. The molecule has 1 aromatic heterocycles. The minimum Gasteiger partial charge on any atom is -0.760 e. The van der Waals surface area contributed by atoms with Crippen LogP contribution in [0.25, 0.3) is 0 Å². The second-order valence-electron chi connectivity index (χ2n) is 1.92. The molecule has 0 aromatic carbocycles. The van der Waals surface area contributed by atoms with E-state index in [0.29, 0.717) is 5.03 Å². The molecule has 0 amide bonds. The van der Waals surface area contributed by atoms with Gasteiger partial charge in [0.25, 0.3) is 0 Å². The van der Waals surface area contributed by atoms with Crippen LogP contribution in [0.15, 0.2) is 9.82 Å². The van der Waals surface area contributed by atoms with Gasteiger partial charge in [0.1, 0.15) is 0 Å². The van der Waals surface area contributed by atoms with Crippen LogP contribution in [0.5, 0.6) is 0 Å². The van der Waals surface area contributed by atoms with Gasteiger partial charge < -0.3 is 22.2 Å². The maximum atomic E-state index is 10.7. The molecule has 0 unspecified atom stereocenters. The third-order valence-electron chi connectivity index (χ3n) is 1.22. The van der Waals surface area contributed by atoms with Gasteiger partial charge in [-0.15, -0.1) is 0 Å². The fourth-order valence-electron chi connectivity index (χ4n) is 0.642. The molecule has 0 spiro atoms. The molecule has 0 aliphatic heterocycles. The Labute approximate surface area is 58.1 Å². The number of nitrogens with zero attached hydrogens (tertiary/aromatic N) is 1. The average Bonchev–Trinajstić information content (AvgIpc) is 1.98. The van der Waals surface area contributed by atoms with Crippen LogP contribution in [0.4, 0.5) is 0 Å². The molecule has 1 heterocycles. The minimum atomic E-state index is -0.141. The van der Waals surface area contributed by atoms with Crippen LogP contribution in [0.3, 0.4) is 0 Å². The maximum absolute atomic E-state index is 10.7. The lowest BCUT2D eigenvalue weighted by atomic mass is 10.6. The van der Waals surface area contributed by atoms with E-state index in [1.807, 2.05) is 0 Å². The summed E-state index contributed by atoms with van der Waals surface area (Å²) in [6.45, 7) is 1.78. The van der Waals surface area contributed by atoms with Crippen LogP contribution in [0.1, 0.15) is 5.69 Å². The van der Waals surface area contributed by atoms with Gasteiger partial charge in [-0.05, 0) is 6.92 Å². The van der Waals surface area contributed by atoms with Crippen LogP contribution in [-0.2, 0) is 19.7 Å². The summed E-state index contributed by atoms with van der Waals surface area (Å²) in [5.74, 6) is 0. The molecule has 0 saturated carbocycles. The van der Waals surface area contributed by atoms with Crippen molar-refractivity contribution in [2.75, 3.05) is 0 Å². The molecular formula is C5H7N2OS-. The van der Waals surface area contributed by atoms with E-state index in [0.717, 1.165) is 5.69 Å². The third kappa shape index (κ3) is 0.853. The van der Waals surface area contributed by atoms with E-state index in [9.17, 15) is 4.79 Å². The molecule has 0 radical (unpaired) electrons. The number of aromatic nitrogens is 2. The second-order valence-corrected chi connectivity index (χ2v) is 2.31. The van der Waals surface area contributed by atoms with E-state index in [1.165, 1.54) is 4.57 Å². The van der Waals surface area contributed by atoms with Crippen molar-refractivity contribution < 1.29 is 0 Å². The van der Waals surface area contributed by atoms with E-state index < -0.39 is 0 Å². The molecule has 50 valence electrons. The first kappa shape index (κ1) is 6.35. The highest BCUT2D eigenvalue weighted by molar-refractivity contribution is 7.58. The van der Waals surface area contributed by atoms with E-state index in [4.69, 9.17) is 12.6 Å². The lowest BCUT2D eigenvalue weighted by Gasteiger charge is -2.04. The van der Waals surface area contributed by atoms with Crippen LogP contribution >= 0.6 is 0 Å². The molecule has 1 rings (SSSR count). The molecule has 4 heteroatoms. The lowest BCUT2D eigenvalue weighted by molar-refractivity contribution is 0.785. The number of imidazole rings is 1. The summed E-state index contributed by atoms with van der Waals surface area (Å²) < 4.78 is 1.41. The zero-order valence-corrected chi connectivity index (χ0v) is 6.08. The van der Waals surface area contributed by atoms with Crippen molar-refractivity contribution in [1.82, 2.24) is 9.55 Å². The topological polar surface area (TPSA) is 37.8 Å². The van der Waals surface area contributed by atoms with Crippen LogP contribution in [-0.4, -0.2) is 9.55 Å². The Morgan fingerprint density at radius 2 is 2.22 bits per heavy atom. The fourth-order valence-corrected chi connectivity index (χ4v) is 0.775. The van der Waals surface area contributed by atoms with Gasteiger partial charge in [0, 0.05) is 12.7 Å². The zero-order chi connectivity index (χ0) is 7.02. The molecule has 0 aliphatic carbocycles. The van der Waals surface area contributed by atoms with Crippen LogP contribution in [0.2, 0.25) is 0 Å². The Kier molecular flexibility index (Phi) is 1.32. The van der Waals surface area contributed by atoms with E-state index in [-0.39, 0.29) is 5.69 Å². The maximum Gasteiger partial charge on any atom is 0.324 e. The number of aromatic amines is 1. The van der Waals surface area contributed by atoms with Gasteiger partial charge in [-0.3, -0.25) is 0 Å². The molecule has 0 bridgehead atoms. The van der Waals surface area contributed by atoms with Crippen LogP contribution < -0.4 is 5.69 Å². The van der Waals surface area contributed by atoms with Gasteiger partial charge in [0.2, 0.25) is 0 Å². The first-order valence-electron chi connectivity index (χ1n) is 2.55. The lowest BCUT2D eigenvalue weighted by Crippen LogP contribution is -2.12. The highest BCUT2D eigenvalue weighted by Crippen LogP contribution is 1.96. The van der Waals surface area contributed by atoms with Crippen molar-refractivity contribution in [3.63, 3.8) is 0 Å². The predicted molar refractivity (Wildman–Crippen MR) is 36.4 cm³/mol. The van der Waals surface area contributed by atoms with E-state index in [1.54, 1.807) is 14.0 Å². The van der Waals surface area contributed by atoms with Crippen LogP contribution in [0, 0.1) is 6.92 Å². The quantitative estimate of drug-likeness (QED) is 0.516. The molecule has 0 fully saturated rings. The molecule has 0 aliphatic rings. The summed E-state index contributed by atoms with van der Waals surface area (Å²) in [5, 5.41) is 0.583. The largest absolute Gasteiger partial charge is 0.760 e. The molecule has 9 heavy (non-hydrogen) atoms. The summed E-state index contributed by atoms with van der Waals surface area (Å²) >= 11 is 4.85. The number of H-pyrrole nitrogens is 1. The number of rotatable bonds is 0. The summed E-state index contributed by atoms with van der Waals surface area (Å²) in [4.78, 5) is 13.3. The molecule has 3 nitrogen and oxygen atoms in total. The summed E-state index contributed by atoms with van der Waals surface area (Å²) in [5.41, 5.74) is 0.620.